The second-order valence-electron chi connectivity index (χ2n) is 10.1. The molecule has 4 aromatic carbocycles. The molecule has 1 heterocycles. The molecule has 0 aliphatic carbocycles. The average molecular weight is 589 g/mol. The highest BCUT2D eigenvalue weighted by Crippen LogP contribution is 2.26. The summed E-state index contributed by atoms with van der Waals surface area (Å²) in [4.78, 5) is 41.1. The van der Waals surface area contributed by atoms with Gasteiger partial charge in [0.25, 0.3) is 5.91 Å². The molecule has 5 aromatic rings. The molecule has 5 rings (SSSR count). The van der Waals surface area contributed by atoms with Crippen LogP contribution in [0.3, 0.4) is 0 Å². The third-order valence-corrected chi connectivity index (χ3v) is 7.04. The highest BCUT2D eigenvalue weighted by molar-refractivity contribution is 6.06. The molecule has 10 heteroatoms. The molecule has 1 atom stereocenters. The number of hydrogen-bond acceptors (Lipinski definition) is 6. The van der Waals surface area contributed by atoms with Crippen LogP contribution in [0.15, 0.2) is 115 Å². The van der Waals surface area contributed by atoms with E-state index in [1.54, 1.807) is 75.0 Å². The van der Waals surface area contributed by atoms with Gasteiger partial charge in [-0.05, 0) is 48.0 Å². The zero-order chi connectivity index (χ0) is 30.9. The molecular weight excluding hydrogens is 556 g/mol. The molecule has 0 aliphatic rings. The maximum atomic E-state index is 13.6. The summed E-state index contributed by atoms with van der Waals surface area (Å²) in [5.74, 6) is -0.241. The lowest BCUT2D eigenvalue weighted by Gasteiger charge is -2.25. The molecule has 0 bridgehead atoms. The summed E-state index contributed by atoms with van der Waals surface area (Å²) < 4.78 is 6.62. The minimum Gasteiger partial charge on any atom is -0.497 e. The molecule has 0 saturated heterocycles. The molecule has 0 spiro atoms. The summed E-state index contributed by atoms with van der Waals surface area (Å²) in [6.07, 6.45) is 1.94. The Labute approximate surface area is 255 Å². The zero-order valence-electron chi connectivity index (χ0n) is 24.4. The number of carbonyl (C=O) groups is 3. The summed E-state index contributed by atoms with van der Waals surface area (Å²) in [7, 11) is 3.25. The largest absolute Gasteiger partial charge is 0.497 e. The molecular formula is C34H32N6O4. The van der Waals surface area contributed by atoms with Crippen LogP contribution in [-0.2, 0) is 22.6 Å². The van der Waals surface area contributed by atoms with Gasteiger partial charge in [0.2, 0.25) is 11.8 Å². The van der Waals surface area contributed by atoms with Crippen molar-refractivity contribution in [3.63, 3.8) is 0 Å². The van der Waals surface area contributed by atoms with Crippen molar-refractivity contribution in [1.29, 1.82) is 0 Å². The van der Waals surface area contributed by atoms with Crippen LogP contribution in [0.1, 0.15) is 15.9 Å². The van der Waals surface area contributed by atoms with Gasteiger partial charge in [0.05, 0.1) is 19.0 Å². The van der Waals surface area contributed by atoms with Crippen molar-refractivity contribution in [3.8, 4) is 17.0 Å². The summed E-state index contributed by atoms with van der Waals surface area (Å²) >= 11 is 0. The molecule has 1 aromatic heterocycles. The number of amides is 3. The Morgan fingerprint density at radius 3 is 2.23 bits per heavy atom. The fourth-order valence-electron chi connectivity index (χ4n) is 4.70. The van der Waals surface area contributed by atoms with Gasteiger partial charge in [-0.3, -0.25) is 14.4 Å². The molecule has 0 radical (unpaired) electrons. The first-order valence-corrected chi connectivity index (χ1v) is 14.0. The number of carbonyl (C=O) groups excluding carboxylic acids is 3. The summed E-state index contributed by atoms with van der Waals surface area (Å²) in [6, 6.07) is 32.0. The highest BCUT2D eigenvalue weighted by Gasteiger charge is 2.26. The first kappa shape index (κ1) is 29.7. The number of hydrogen-bond donors (Lipinski definition) is 2. The van der Waals surface area contributed by atoms with Gasteiger partial charge in [0.15, 0.2) is 0 Å². The third kappa shape index (κ3) is 7.35. The highest BCUT2D eigenvalue weighted by atomic mass is 16.5. The van der Waals surface area contributed by atoms with Crippen molar-refractivity contribution in [3.05, 3.63) is 127 Å². The lowest BCUT2D eigenvalue weighted by molar-refractivity contribution is -0.127. The molecule has 2 N–H and O–H groups in total. The topological polar surface area (TPSA) is 118 Å². The van der Waals surface area contributed by atoms with Crippen LogP contribution in [0.4, 0.5) is 11.4 Å². The molecule has 3 amide bonds. The Kier molecular flexibility index (Phi) is 9.41. The van der Waals surface area contributed by atoms with Gasteiger partial charge in [0, 0.05) is 30.3 Å². The standard InChI is InChI=1S/C34H32N6O4/c1-39(26-17-19-27(44-2)20-18-26)34(43)30(21-24-11-5-3-6-12-24)35-32(41)23-40-22-31(37-38-40)28-15-9-10-16-29(28)36-33(42)25-13-7-4-8-14-25/h3-20,22,30H,21,23H2,1-2H3,(H,35,41)(H,36,42)/t30-/m0/s1. The monoisotopic (exact) mass is 588 g/mol. The molecule has 0 unspecified atom stereocenters. The number of aromatic nitrogens is 3. The van der Waals surface area contributed by atoms with Gasteiger partial charge in [-0.25, -0.2) is 4.68 Å². The van der Waals surface area contributed by atoms with Crippen molar-refractivity contribution in [2.75, 3.05) is 24.4 Å². The van der Waals surface area contributed by atoms with E-state index in [-0.39, 0.29) is 18.4 Å². The van der Waals surface area contributed by atoms with E-state index < -0.39 is 11.9 Å². The van der Waals surface area contributed by atoms with E-state index >= 15 is 0 Å². The summed E-state index contributed by atoms with van der Waals surface area (Å²) in [5.41, 5.74) is 3.81. The van der Waals surface area contributed by atoms with Crippen LogP contribution >= 0.6 is 0 Å². The Hall–Kier alpha value is -5.77. The number of rotatable bonds is 11. The molecule has 44 heavy (non-hydrogen) atoms. The van der Waals surface area contributed by atoms with Crippen LogP contribution in [0.25, 0.3) is 11.3 Å². The molecule has 222 valence electrons. The maximum absolute atomic E-state index is 13.6. The van der Waals surface area contributed by atoms with E-state index in [2.05, 4.69) is 20.9 Å². The second kappa shape index (κ2) is 13.9. The first-order valence-electron chi connectivity index (χ1n) is 14.0. The van der Waals surface area contributed by atoms with E-state index in [9.17, 15) is 14.4 Å². The predicted molar refractivity (Wildman–Crippen MR) is 168 cm³/mol. The number of benzene rings is 4. The molecule has 10 nitrogen and oxygen atoms in total. The Bertz CT molecular complexity index is 1720. The Balaban J connectivity index is 1.29. The van der Waals surface area contributed by atoms with Crippen molar-refractivity contribution < 1.29 is 19.1 Å². The van der Waals surface area contributed by atoms with Gasteiger partial charge in [-0.1, -0.05) is 71.9 Å². The maximum Gasteiger partial charge on any atom is 0.255 e. The van der Waals surface area contributed by atoms with Crippen molar-refractivity contribution in [2.24, 2.45) is 0 Å². The van der Waals surface area contributed by atoms with Crippen molar-refractivity contribution in [1.82, 2.24) is 20.3 Å². The van der Waals surface area contributed by atoms with Gasteiger partial charge in [-0.15, -0.1) is 5.10 Å². The smallest absolute Gasteiger partial charge is 0.255 e. The number of likely N-dealkylation sites (N-methyl/N-ethyl adjacent to an activating group) is 1. The molecule has 0 fully saturated rings. The number of anilines is 2. The van der Waals surface area contributed by atoms with Gasteiger partial charge >= 0.3 is 0 Å². The SMILES string of the molecule is COc1ccc(N(C)C(=O)[C@H](Cc2ccccc2)NC(=O)Cn2cc(-c3ccccc3NC(=O)c3ccccc3)nn2)cc1. The minimum atomic E-state index is -0.825. The first-order chi connectivity index (χ1) is 21.4. The van der Waals surface area contributed by atoms with Gasteiger partial charge in [-0.2, -0.15) is 0 Å². The minimum absolute atomic E-state index is 0.156. The second-order valence-corrected chi connectivity index (χ2v) is 10.1. The zero-order valence-corrected chi connectivity index (χ0v) is 24.4. The van der Waals surface area contributed by atoms with Crippen LogP contribution in [0, 0.1) is 0 Å². The van der Waals surface area contributed by atoms with E-state index in [0.29, 0.717) is 40.4 Å². The van der Waals surface area contributed by atoms with E-state index in [1.807, 2.05) is 54.6 Å². The van der Waals surface area contributed by atoms with Crippen LogP contribution < -0.4 is 20.3 Å². The Morgan fingerprint density at radius 2 is 1.52 bits per heavy atom. The normalized spacial score (nSPS) is 11.3. The number of para-hydroxylation sites is 1. The third-order valence-electron chi connectivity index (χ3n) is 7.04. The number of methoxy groups -OCH3 is 1. The predicted octanol–water partition coefficient (Wildman–Crippen LogP) is 4.60. The Morgan fingerprint density at radius 1 is 0.864 bits per heavy atom. The van der Waals surface area contributed by atoms with Crippen LogP contribution in [0.5, 0.6) is 5.75 Å². The number of nitrogens with zero attached hydrogens (tertiary/aromatic N) is 4. The van der Waals surface area contributed by atoms with E-state index in [1.165, 1.54) is 9.58 Å². The summed E-state index contributed by atoms with van der Waals surface area (Å²) in [6.45, 7) is -0.156. The lowest BCUT2D eigenvalue weighted by atomic mass is 10.0. The van der Waals surface area contributed by atoms with Gasteiger partial charge < -0.3 is 20.3 Å². The quantitative estimate of drug-likeness (QED) is 0.233. The fourth-order valence-corrected chi connectivity index (χ4v) is 4.70. The number of nitrogens with one attached hydrogen (secondary N) is 2. The lowest BCUT2D eigenvalue weighted by Crippen LogP contribution is -2.49. The van der Waals surface area contributed by atoms with Crippen LogP contribution in [0.2, 0.25) is 0 Å². The van der Waals surface area contributed by atoms with Crippen LogP contribution in [-0.4, -0.2) is 52.9 Å². The molecule has 0 saturated carbocycles. The van der Waals surface area contributed by atoms with Crippen molar-refractivity contribution in [2.45, 2.75) is 19.0 Å². The average Bonchev–Trinajstić information content (AvgIpc) is 3.53. The fraction of sp³-hybridized carbons (Fsp3) is 0.147. The van der Waals surface area contributed by atoms with Gasteiger partial charge in [0.1, 0.15) is 24.0 Å². The van der Waals surface area contributed by atoms with E-state index in [4.69, 9.17) is 4.74 Å². The number of ether oxygens (including phenoxy) is 1. The van der Waals surface area contributed by atoms with Crippen molar-refractivity contribution >= 4 is 29.1 Å². The summed E-state index contributed by atoms with van der Waals surface area (Å²) in [5, 5.41) is 14.2. The molecule has 0 aliphatic heterocycles. The van der Waals surface area contributed by atoms with E-state index in [0.717, 1.165) is 5.56 Å².